The van der Waals surface area contributed by atoms with Crippen molar-refractivity contribution >= 4 is 34.0 Å². The molecule has 0 unspecified atom stereocenters. The molecule has 0 fully saturated rings. The van der Waals surface area contributed by atoms with Crippen LogP contribution in [0.3, 0.4) is 0 Å². The number of esters is 1. The van der Waals surface area contributed by atoms with Crippen LogP contribution < -0.4 is 10.9 Å². The number of fused-ring (bicyclic) bond motifs is 1. The Morgan fingerprint density at radius 1 is 1.36 bits per heavy atom. The Hall–Kier alpha value is -3.52. The molecule has 144 valence electrons. The van der Waals surface area contributed by atoms with Gasteiger partial charge < -0.3 is 10.1 Å². The van der Waals surface area contributed by atoms with Gasteiger partial charge in [0.1, 0.15) is 16.5 Å². The number of carbonyl (C=O) groups is 2. The van der Waals surface area contributed by atoms with E-state index >= 15 is 0 Å². The molecule has 0 aliphatic rings. The van der Waals surface area contributed by atoms with Crippen molar-refractivity contribution in [2.45, 2.75) is 27.2 Å². The van der Waals surface area contributed by atoms with Gasteiger partial charge in [0.2, 0.25) is 5.91 Å². The molecule has 0 saturated heterocycles. The fraction of sp³-hybridized carbons (Fsp3) is 0.294. The van der Waals surface area contributed by atoms with Gasteiger partial charge in [-0.1, -0.05) is 11.3 Å². The number of nitrogens with one attached hydrogen (secondary N) is 2. The highest BCUT2D eigenvalue weighted by atomic mass is 32.1. The Morgan fingerprint density at radius 2 is 2.11 bits per heavy atom. The van der Waals surface area contributed by atoms with Crippen LogP contribution in [0.4, 0.5) is 5.13 Å². The summed E-state index contributed by atoms with van der Waals surface area (Å²) in [4.78, 5) is 45.6. The monoisotopic (exact) mass is 400 g/mol. The van der Waals surface area contributed by atoms with Crippen molar-refractivity contribution in [1.82, 2.24) is 19.6 Å². The number of rotatable bonds is 5. The number of hydrogen-bond acceptors (Lipinski definition) is 8. The summed E-state index contributed by atoms with van der Waals surface area (Å²) in [5.41, 5.74) is 0.999. The van der Waals surface area contributed by atoms with E-state index < -0.39 is 17.4 Å². The average molecular weight is 400 g/mol. The third-order valence-corrected chi connectivity index (χ3v) is 4.98. The van der Waals surface area contributed by atoms with E-state index in [-0.39, 0.29) is 34.9 Å². The zero-order valence-electron chi connectivity index (χ0n) is 15.3. The van der Waals surface area contributed by atoms with Crippen LogP contribution in [0.1, 0.15) is 39.1 Å². The van der Waals surface area contributed by atoms with Crippen LogP contribution in [-0.2, 0) is 16.0 Å². The maximum atomic E-state index is 12.6. The van der Waals surface area contributed by atoms with Crippen molar-refractivity contribution in [3.63, 3.8) is 0 Å². The predicted molar refractivity (Wildman–Crippen MR) is 100 cm³/mol. The second-order valence-electron chi connectivity index (χ2n) is 5.82. The molecule has 0 spiro atoms. The van der Waals surface area contributed by atoms with E-state index in [4.69, 9.17) is 10.00 Å². The van der Waals surface area contributed by atoms with E-state index in [1.807, 2.05) is 6.07 Å². The number of carbonyl (C=O) groups excluding carboxylic acids is 2. The lowest BCUT2D eigenvalue weighted by molar-refractivity contribution is -0.115. The van der Waals surface area contributed by atoms with Crippen LogP contribution in [0.2, 0.25) is 0 Å². The number of anilines is 1. The van der Waals surface area contributed by atoms with Gasteiger partial charge in [0.15, 0.2) is 10.8 Å². The summed E-state index contributed by atoms with van der Waals surface area (Å²) >= 11 is 1.00. The zero-order valence-corrected chi connectivity index (χ0v) is 16.1. The lowest BCUT2D eigenvalue weighted by atomic mass is 10.1. The Kier molecular flexibility index (Phi) is 5.23. The lowest BCUT2D eigenvalue weighted by Gasteiger charge is -2.05. The van der Waals surface area contributed by atoms with Gasteiger partial charge in [-0.3, -0.25) is 14.7 Å². The molecule has 11 heteroatoms. The molecule has 3 rings (SSSR count). The Morgan fingerprint density at radius 3 is 2.79 bits per heavy atom. The van der Waals surface area contributed by atoms with Gasteiger partial charge in [0.25, 0.3) is 5.56 Å². The van der Waals surface area contributed by atoms with Crippen LogP contribution >= 0.6 is 11.3 Å². The van der Waals surface area contributed by atoms with Gasteiger partial charge >= 0.3 is 5.97 Å². The fourth-order valence-corrected chi connectivity index (χ4v) is 3.48. The number of thiazole rings is 1. The summed E-state index contributed by atoms with van der Waals surface area (Å²) in [6, 6.07) is 1.95. The second-order valence-corrected chi connectivity index (χ2v) is 6.82. The fourth-order valence-electron chi connectivity index (χ4n) is 2.60. The van der Waals surface area contributed by atoms with Crippen molar-refractivity contribution in [2.24, 2.45) is 0 Å². The molecular formula is C17H16N6O4S. The molecule has 2 N–H and O–H groups in total. The third kappa shape index (κ3) is 3.49. The van der Waals surface area contributed by atoms with Crippen molar-refractivity contribution in [3.8, 4) is 6.07 Å². The Labute approximate surface area is 162 Å². The maximum Gasteiger partial charge on any atom is 0.350 e. The Balaban J connectivity index is 1.83. The van der Waals surface area contributed by atoms with Gasteiger partial charge in [-0.05, 0) is 20.8 Å². The standard InChI is InChI=1S/C17H16N6O4S/c1-4-27-16(26)13-9(3)21-17(28-13)22-12(24)5-11-8(2)20-14-10(6-18)7-19-23(14)15(11)25/h7,19H,4-5H2,1-3H3,(H,21,22,24). The first-order chi connectivity index (χ1) is 13.3. The van der Waals surface area contributed by atoms with Crippen LogP contribution in [0, 0.1) is 25.2 Å². The second kappa shape index (κ2) is 7.61. The van der Waals surface area contributed by atoms with Gasteiger partial charge in [-0.15, -0.1) is 0 Å². The van der Waals surface area contributed by atoms with Crippen molar-refractivity contribution in [2.75, 3.05) is 11.9 Å². The number of hydrogen-bond donors (Lipinski definition) is 2. The minimum Gasteiger partial charge on any atom is -0.462 e. The summed E-state index contributed by atoms with van der Waals surface area (Å²) in [5, 5.41) is 14.5. The summed E-state index contributed by atoms with van der Waals surface area (Å²) in [6.45, 7) is 5.19. The molecule has 0 saturated carbocycles. The molecule has 3 aromatic rings. The van der Waals surface area contributed by atoms with Crippen LogP contribution in [-0.4, -0.2) is 38.1 Å². The number of H-pyrrole nitrogens is 1. The molecule has 0 aromatic carbocycles. The van der Waals surface area contributed by atoms with E-state index in [2.05, 4.69) is 20.4 Å². The molecule has 0 bridgehead atoms. The molecule has 0 aliphatic carbocycles. The summed E-state index contributed by atoms with van der Waals surface area (Å²) < 4.78 is 6.07. The predicted octanol–water partition coefficient (Wildman–Crippen LogP) is 1.33. The van der Waals surface area contributed by atoms with Crippen LogP contribution in [0.25, 0.3) is 5.65 Å². The first-order valence-corrected chi connectivity index (χ1v) is 9.11. The number of amides is 1. The number of nitrogens with zero attached hydrogens (tertiary/aromatic N) is 4. The molecular weight excluding hydrogens is 384 g/mol. The highest BCUT2D eigenvalue weighted by molar-refractivity contribution is 7.17. The maximum absolute atomic E-state index is 12.6. The van der Waals surface area contributed by atoms with Gasteiger partial charge in [-0.2, -0.15) is 5.26 Å². The van der Waals surface area contributed by atoms with Crippen LogP contribution in [0.15, 0.2) is 11.0 Å². The molecule has 3 heterocycles. The number of nitriles is 1. The molecule has 3 aromatic heterocycles. The van der Waals surface area contributed by atoms with Crippen LogP contribution in [0.5, 0.6) is 0 Å². The van der Waals surface area contributed by atoms with E-state index in [1.54, 1.807) is 20.8 Å². The molecule has 10 nitrogen and oxygen atoms in total. The topological polar surface area (TPSA) is 142 Å². The molecule has 0 atom stereocenters. The summed E-state index contributed by atoms with van der Waals surface area (Å²) in [6.07, 6.45) is 1.15. The summed E-state index contributed by atoms with van der Waals surface area (Å²) in [5.74, 6) is -0.972. The minimum atomic E-state index is -0.498. The number of aromatic nitrogens is 4. The number of aromatic amines is 1. The van der Waals surface area contributed by atoms with E-state index in [0.717, 1.165) is 15.9 Å². The van der Waals surface area contributed by atoms with E-state index in [1.165, 1.54) is 6.20 Å². The smallest absolute Gasteiger partial charge is 0.350 e. The van der Waals surface area contributed by atoms with E-state index in [0.29, 0.717) is 16.3 Å². The molecule has 0 radical (unpaired) electrons. The molecule has 28 heavy (non-hydrogen) atoms. The van der Waals surface area contributed by atoms with Crippen molar-refractivity contribution < 1.29 is 14.3 Å². The average Bonchev–Trinajstić information content (AvgIpc) is 3.21. The zero-order chi connectivity index (χ0) is 20.4. The molecule has 1 amide bonds. The first-order valence-electron chi connectivity index (χ1n) is 8.29. The quantitative estimate of drug-likeness (QED) is 0.615. The van der Waals surface area contributed by atoms with Gasteiger partial charge in [0, 0.05) is 17.5 Å². The highest BCUT2D eigenvalue weighted by Crippen LogP contribution is 2.23. The lowest BCUT2D eigenvalue weighted by Crippen LogP contribution is -2.26. The third-order valence-electron chi connectivity index (χ3n) is 3.92. The first kappa shape index (κ1) is 19.2. The van der Waals surface area contributed by atoms with Crippen molar-refractivity contribution in [3.05, 3.63) is 43.9 Å². The number of aryl methyl sites for hydroxylation is 2. The highest BCUT2D eigenvalue weighted by Gasteiger charge is 2.20. The normalized spacial score (nSPS) is 10.6. The van der Waals surface area contributed by atoms with E-state index in [9.17, 15) is 14.4 Å². The number of ether oxygens (including phenoxy) is 1. The minimum absolute atomic E-state index is 0.195. The SMILES string of the molecule is CCOC(=O)c1sc(NC(=O)Cc2c(C)nc3c(C#N)c[nH]n3c2=O)nc1C. The van der Waals surface area contributed by atoms with Crippen molar-refractivity contribution in [1.29, 1.82) is 5.26 Å². The van der Waals surface area contributed by atoms with Gasteiger partial charge in [-0.25, -0.2) is 19.3 Å². The largest absolute Gasteiger partial charge is 0.462 e. The Bertz CT molecular complexity index is 1180. The van der Waals surface area contributed by atoms with Gasteiger partial charge in [0.05, 0.1) is 18.7 Å². The summed E-state index contributed by atoms with van der Waals surface area (Å²) in [7, 11) is 0. The molecule has 0 aliphatic heterocycles.